The third kappa shape index (κ3) is 5.09. The van der Waals surface area contributed by atoms with Gasteiger partial charge in [0, 0.05) is 18.3 Å². The maximum absolute atomic E-state index is 12.9. The minimum absolute atomic E-state index is 0.127. The fourth-order valence-electron chi connectivity index (χ4n) is 2.73. The summed E-state index contributed by atoms with van der Waals surface area (Å²) in [4.78, 5) is 16.4. The molecule has 4 rings (SSSR count). The van der Waals surface area contributed by atoms with Gasteiger partial charge < -0.3 is 5.32 Å². The van der Waals surface area contributed by atoms with Crippen LogP contribution < -0.4 is 5.32 Å². The van der Waals surface area contributed by atoms with Crippen LogP contribution in [0.15, 0.2) is 84.3 Å². The summed E-state index contributed by atoms with van der Waals surface area (Å²) in [6, 6.07) is 19.6. The van der Waals surface area contributed by atoms with Crippen molar-refractivity contribution < 1.29 is 9.18 Å². The first-order chi connectivity index (χ1) is 14.7. The number of thioether (sulfide) groups is 1. The van der Waals surface area contributed by atoms with Crippen LogP contribution >= 0.6 is 11.8 Å². The summed E-state index contributed by atoms with van der Waals surface area (Å²) in [5.74, 6) is 0.445. The summed E-state index contributed by atoms with van der Waals surface area (Å²) >= 11 is 1.30. The molecule has 1 N–H and O–H groups in total. The van der Waals surface area contributed by atoms with Crippen molar-refractivity contribution in [3.05, 3.63) is 90.6 Å². The molecule has 0 atom stereocenters. The van der Waals surface area contributed by atoms with E-state index in [1.807, 2.05) is 48.7 Å². The lowest BCUT2D eigenvalue weighted by Crippen LogP contribution is -2.24. The van der Waals surface area contributed by atoms with Crippen LogP contribution in [0.3, 0.4) is 0 Å². The van der Waals surface area contributed by atoms with Crippen LogP contribution in [0.5, 0.6) is 0 Å². The molecule has 0 saturated carbocycles. The average molecular weight is 419 g/mol. The number of amides is 1. The van der Waals surface area contributed by atoms with Gasteiger partial charge >= 0.3 is 0 Å². The molecule has 4 aromatic rings. The molecule has 0 fully saturated rings. The van der Waals surface area contributed by atoms with E-state index in [0.29, 0.717) is 17.4 Å². The second-order valence-corrected chi connectivity index (χ2v) is 7.45. The number of hydrogen-bond acceptors (Lipinski definition) is 5. The lowest BCUT2D eigenvalue weighted by Gasteiger charge is -2.05. The highest BCUT2D eigenvalue weighted by Gasteiger charge is 2.07. The SMILES string of the molecule is O=C(CSc1ccc(-n2cnc(-c3ccccc3)c2)nn1)NCc1ccc(F)cc1. The lowest BCUT2D eigenvalue weighted by atomic mass is 10.2. The van der Waals surface area contributed by atoms with Gasteiger partial charge in [-0.1, -0.05) is 54.2 Å². The van der Waals surface area contributed by atoms with Crippen LogP contribution in [0, 0.1) is 5.82 Å². The van der Waals surface area contributed by atoms with Gasteiger partial charge in [-0.25, -0.2) is 9.37 Å². The van der Waals surface area contributed by atoms with Gasteiger partial charge in [0.15, 0.2) is 5.82 Å². The Labute approximate surface area is 177 Å². The average Bonchev–Trinajstić information content (AvgIpc) is 3.29. The summed E-state index contributed by atoms with van der Waals surface area (Å²) in [6.07, 6.45) is 3.59. The summed E-state index contributed by atoms with van der Waals surface area (Å²) in [5.41, 5.74) is 2.73. The van der Waals surface area contributed by atoms with Crippen molar-refractivity contribution in [2.45, 2.75) is 11.6 Å². The molecule has 30 heavy (non-hydrogen) atoms. The normalized spacial score (nSPS) is 10.7. The zero-order valence-corrected chi connectivity index (χ0v) is 16.7. The van der Waals surface area contributed by atoms with Crippen LogP contribution in [-0.4, -0.2) is 31.4 Å². The van der Waals surface area contributed by atoms with Crippen molar-refractivity contribution in [3.8, 4) is 17.1 Å². The van der Waals surface area contributed by atoms with Gasteiger partial charge in [-0.15, -0.1) is 10.2 Å². The Hall–Kier alpha value is -3.52. The van der Waals surface area contributed by atoms with Crippen LogP contribution in [0.2, 0.25) is 0 Å². The van der Waals surface area contributed by atoms with Gasteiger partial charge in [-0.2, -0.15) is 0 Å². The molecule has 0 aliphatic rings. The van der Waals surface area contributed by atoms with Crippen molar-refractivity contribution in [2.75, 3.05) is 5.75 Å². The van der Waals surface area contributed by atoms with Crippen LogP contribution in [-0.2, 0) is 11.3 Å². The van der Waals surface area contributed by atoms with Gasteiger partial charge in [-0.05, 0) is 29.8 Å². The monoisotopic (exact) mass is 419 g/mol. The fraction of sp³-hybridized carbons (Fsp3) is 0.0909. The van der Waals surface area contributed by atoms with E-state index < -0.39 is 0 Å². The molecule has 0 bridgehead atoms. The molecule has 2 aromatic heterocycles. The Balaban J connectivity index is 1.30. The molecule has 0 saturated heterocycles. The van der Waals surface area contributed by atoms with E-state index in [9.17, 15) is 9.18 Å². The molecule has 6 nitrogen and oxygen atoms in total. The van der Waals surface area contributed by atoms with E-state index in [-0.39, 0.29) is 17.5 Å². The molecule has 150 valence electrons. The highest BCUT2D eigenvalue weighted by Crippen LogP contribution is 2.19. The van der Waals surface area contributed by atoms with E-state index in [1.165, 1.54) is 23.9 Å². The second kappa shape index (κ2) is 9.32. The highest BCUT2D eigenvalue weighted by molar-refractivity contribution is 7.99. The molecule has 2 heterocycles. The van der Waals surface area contributed by atoms with Crippen LogP contribution in [0.4, 0.5) is 4.39 Å². The number of benzene rings is 2. The van der Waals surface area contributed by atoms with E-state index in [1.54, 1.807) is 23.0 Å². The van der Waals surface area contributed by atoms with E-state index in [0.717, 1.165) is 16.8 Å². The molecule has 0 spiro atoms. The third-order valence-electron chi connectivity index (χ3n) is 4.30. The molecule has 0 unspecified atom stereocenters. The maximum atomic E-state index is 12.9. The van der Waals surface area contributed by atoms with Crippen molar-refractivity contribution in [3.63, 3.8) is 0 Å². The van der Waals surface area contributed by atoms with Gasteiger partial charge in [0.1, 0.15) is 17.2 Å². The van der Waals surface area contributed by atoms with E-state index in [2.05, 4.69) is 20.5 Å². The van der Waals surface area contributed by atoms with Crippen LogP contribution in [0.25, 0.3) is 17.1 Å². The van der Waals surface area contributed by atoms with Crippen molar-refractivity contribution in [2.24, 2.45) is 0 Å². The quantitative estimate of drug-likeness (QED) is 0.460. The Kier molecular flexibility index (Phi) is 6.14. The largest absolute Gasteiger partial charge is 0.351 e. The smallest absolute Gasteiger partial charge is 0.230 e. The predicted octanol–water partition coefficient (Wildman–Crippen LogP) is 3.88. The molecular weight excluding hydrogens is 401 g/mol. The zero-order chi connectivity index (χ0) is 20.8. The first-order valence-electron chi connectivity index (χ1n) is 9.25. The fourth-order valence-corrected chi connectivity index (χ4v) is 3.37. The van der Waals surface area contributed by atoms with Crippen LogP contribution in [0.1, 0.15) is 5.56 Å². The summed E-state index contributed by atoms with van der Waals surface area (Å²) in [6.45, 7) is 0.356. The maximum Gasteiger partial charge on any atom is 0.230 e. The first kappa shape index (κ1) is 19.8. The van der Waals surface area contributed by atoms with Gasteiger partial charge in [0.2, 0.25) is 5.91 Å². The number of imidazole rings is 1. The predicted molar refractivity (Wildman–Crippen MR) is 114 cm³/mol. The van der Waals surface area contributed by atoms with E-state index >= 15 is 0 Å². The van der Waals surface area contributed by atoms with Crippen molar-refractivity contribution >= 4 is 17.7 Å². The molecule has 1 amide bonds. The molecule has 8 heteroatoms. The molecule has 0 aliphatic carbocycles. The summed E-state index contributed by atoms with van der Waals surface area (Å²) < 4.78 is 14.7. The Bertz CT molecular complexity index is 1110. The topological polar surface area (TPSA) is 72.7 Å². The minimum atomic E-state index is -0.297. The van der Waals surface area contributed by atoms with Crippen molar-refractivity contribution in [1.29, 1.82) is 0 Å². The van der Waals surface area contributed by atoms with Gasteiger partial charge in [-0.3, -0.25) is 9.36 Å². The number of aromatic nitrogens is 4. The molecule has 0 aliphatic heterocycles. The third-order valence-corrected chi connectivity index (χ3v) is 5.22. The van der Waals surface area contributed by atoms with Crippen molar-refractivity contribution in [1.82, 2.24) is 25.1 Å². The Morgan fingerprint density at radius 3 is 2.53 bits per heavy atom. The van der Waals surface area contributed by atoms with Gasteiger partial charge in [0.25, 0.3) is 0 Å². The van der Waals surface area contributed by atoms with Gasteiger partial charge in [0.05, 0.1) is 11.4 Å². The Morgan fingerprint density at radius 1 is 1.00 bits per heavy atom. The number of hydrogen-bond donors (Lipinski definition) is 1. The number of carbonyl (C=O) groups excluding carboxylic acids is 1. The second-order valence-electron chi connectivity index (χ2n) is 6.45. The number of nitrogens with one attached hydrogen (secondary N) is 1. The summed E-state index contributed by atoms with van der Waals surface area (Å²) in [7, 11) is 0. The Morgan fingerprint density at radius 2 is 1.80 bits per heavy atom. The van der Waals surface area contributed by atoms with E-state index in [4.69, 9.17) is 0 Å². The number of rotatable bonds is 7. The summed E-state index contributed by atoms with van der Waals surface area (Å²) in [5, 5.41) is 11.9. The zero-order valence-electron chi connectivity index (χ0n) is 15.9. The highest BCUT2D eigenvalue weighted by atomic mass is 32.2. The molecule has 2 aromatic carbocycles. The number of nitrogens with zero attached hydrogens (tertiary/aromatic N) is 4. The molecular formula is C22H18FN5OS. The molecule has 0 radical (unpaired) electrons. The number of carbonyl (C=O) groups is 1. The standard InChI is InChI=1S/C22H18FN5OS/c23-18-8-6-16(7-9-18)12-24-21(29)14-30-22-11-10-20(26-27-22)28-13-19(25-15-28)17-4-2-1-3-5-17/h1-11,13,15H,12,14H2,(H,24,29). The minimum Gasteiger partial charge on any atom is -0.351 e. The first-order valence-corrected chi connectivity index (χ1v) is 10.2. The lowest BCUT2D eigenvalue weighted by molar-refractivity contribution is -0.118. The number of halogens is 1.